The summed E-state index contributed by atoms with van der Waals surface area (Å²) in [5, 5.41) is 1.70. The smallest absolute Gasteiger partial charge is 0.260 e. The maximum absolute atomic E-state index is 12.8. The molecule has 20 heavy (non-hydrogen) atoms. The summed E-state index contributed by atoms with van der Waals surface area (Å²) in [7, 11) is 0. The molecule has 3 atom stereocenters. The Morgan fingerprint density at radius 1 is 1.20 bits per heavy atom. The first-order valence-corrected chi connectivity index (χ1v) is 7.49. The van der Waals surface area contributed by atoms with Crippen LogP contribution in [0, 0.1) is 11.8 Å². The van der Waals surface area contributed by atoms with Gasteiger partial charge in [-0.3, -0.25) is 9.36 Å². The first kappa shape index (κ1) is 13.2. The number of hydrogen-bond donors (Lipinski definition) is 1. The third-order valence-corrected chi connectivity index (χ3v) is 4.99. The van der Waals surface area contributed by atoms with Crippen LogP contribution in [-0.4, -0.2) is 4.57 Å². The Labute approximate surface area is 119 Å². The van der Waals surface area contributed by atoms with E-state index in [0.29, 0.717) is 17.7 Å². The second kappa shape index (κ2) is 4.97. The zero-order valence-electron chi connectivity index (χ0n) is 12.2. The summed E-state index contributed by atoms with van der Waals surface area (Å²) in [5.41, 5.74) is 6.25. The molecule has 2 N–H and O–H groups in total. The molecule has 0 saturated heterocycles. The molecule has 0 aliphatic heterocycles. The van der Waals surface area contributed by atoms with Crippen LogP contribution in [0.1, 0.15) is 39.2 Å². The lowest BCUT2D eigenvalue weighted by atomic mass is 9.78. The van der Waals surface area contributed by atoms with Crippen molar-refractivity contribution in [3.63, 3.8) is 0 Å². The van der Waals surface area contributed by atoms with Gasteiger partial charge in [0.2, 0.25) is 0 Å². The van der Waals surface area contributed by atoms with E-state index in [1.807, 2.05) is 34.9 Å². The molecule has 1 aromatic carbocycles. The first-order chi connectivity index (χ1) is 9.59. The first-order valence-electron chi connectivity index (χ1n) is 7.49. The minimum absolute atomic E-state index is 0.0616. The topological polar surface area (TPSA) is 48.0 Å². The van der Waals surface area contributed by atoms with E-state index in [-0.39, 0.29) is 11.6 Å². The molecule has 1 fully saturated rings. The molecule has 106 valence electrons. The van der Waals surface area contributed by atoms with Crippen LogP contribution in [-0.2, 0) is 0 Å². The van der Waals surface area contributed by atoms with E-state index in [2.05, 4.69) is 13.8 Å². The van der Waals surface area contributed by atoms with Gasteiger partial charge in [0.05, 0.1) is 0 Å². The SMILES string of the molecule is CC1CCCC(n2c(N)cc3ccccc3c2=O)C1C. The summed E-state index contributed by atoms with van der Waals surface area (Å²) in [4.78, 5) is 12.8. The van der Waals surface area contributed by atoms with Gasteiger partial charge in [-0.2, -0.15) is 0 Å². The average Bonchev–Trinajstić information content (AvgIpc) is 2.43. The van der Waals surface area contributed by atoms with Gasteiger partial charge in [0.25, 0.3) is 5.56 Å². The zero-order chi connectivity index (χ0) is 14.3. The Hall–Kier alpha value is -1.77. The third kappa shape index (κ3) is 2.01. The van der Waals surface area contributed by atoms with E-state index in [1.165, 1.54) is 12.8 Å². The van der Waals surface area contributed by atoms with Crippen molar-refractivity contribution in [2.75, 3.05) is 5.73 Å². The van der Waals surface area contributed by atoms with E-state index >= 15 is 0 Å². The van der Waals surface area contributed by atoms with Crippen LogP contribution in [0.3, 0.4) is 0 Å². The second-order valence-electron chi connectivity index (χ2n) is 6.17. The molecule has 2 aromatic rings. The molecule has 0 spiro atoms. The summed E-state index contributed by atoms with van der Waals surface area (Å²) in [5.74, 6) is 1.73. The van der Waals surface area contributed by atoms with Crippen molar-refractivity contribution in [3.8, 4) is 0 Å². The molecule has 1 aliphatic carbocycles. The molecule has 0 radical (unpaired) electrons. The van der Waals surface area contributed by atoms with Crippen molar-refractivity contribution in [2.45, 2.75) is 39.2 Å². The molecule has 0 bridgehead atoms. The molecule has 1 aromatic heterocycles. The Kier molecular flexibility index (Phi) is 3.28. The minimum Gasteiger partial charge on any atom is -0.385 e. The van der Waals surface area contributed by atoms with Crippen LogP contribution < -0.4 is 11.3 Å². The van der Waals surface area contributed by atoms with Crippen LogP contribution in [0.4, 0.5) is 5.82 Å². The molecule has 1 saturated carbocycles. The van der Waals surface area contributed by atoms with Crippen molar-refractivity contribution in [1.29, 1.82) is 0 Å². The maximum Gasteiger partial charge on any atom is 0.260 e. The van der Waals surface area contributed by atoms with E-state index in [0.717, 1.165) is 17.2 Å². The predicted octanol–water partition coefficient (Wildman–Crippen LogP) is 3.58. The highest BCUT2D eigenvalue weighted by molar-refractivity contribution is 5.83. The molecule has 3 unspecified atom stereocenters. The van der Waals surface area contributed by atoms with Crippen LogP contribution in [0.15, 0.2) is 35.1 Å². The number of nitrogen functional groups attached to an aromatic ring is 1. The Bertz CT molecular complexity index is 689. The molecule has 3 heteroatoms. The quantitative estimate of drug-likeness (QED) is 0.861. The molecule has 3 nitrogen and oxygen atoms in total. The van der Waals surface area contributed by atoms with Gasteiger partial charge in [0.15, 0.2) is 0 Å². The Balaban J connectivity index is 2.18. The molecule has 0 amide bonds. The highest BCUT2D eigenvalue weighted by Crippen LogP contribution is 2.38. The second-order valence-corrected chi connectivity index (χ2v) is 6.17. The van der Waals surface area contributed by atoms with Gasteiger partial charge in [0, 0.05) is 11.4 Å². The lowest BCUT2D eigenvalue weighted by molar-refractivity contribution is 0.185. The largest absolute Gasteiger partial charge is 0.385 e. The fourth-order valence-corrected chi connectivity index (χ4v) is 3.55. The molecular formula is C17H22N2O. The number of anilines is 1. The van der Waals surface area contributed by atoms with Crippen LogP contribution >= 0.6 is 0 Å². The maximum atomic E-state index is 12.8. The predicted molar refractivity (Wildman–Crippen MR) is 83.8 cm³/mol. The molecule has 3 rings (SSSR count). The van der Waals surface area contributed by atoms with Gasteiger partial charge in [-0.25, -0.2) is 0 Å². The van der Waals surface area contributed by atoms with Gasteiger partial charge in [-0.05, 0) is 35.8 Å². The summed E-state index contributed by atoms with van der Waals surface area (Å²) < 4.78 is 1.84. The number of aromatic nitrogens is 1. The van der Waals surface area contributed by atoms with E-state index < -0.39 is 0 Å². The minimum atomic E-state index is 0.0616. The highest BCUT2D eigenvalue weighted by Gasteiger charge is 2.30. The van der Waals surface area contributed by atoms with Crippen molar-refractivity contribution in [1.82, 2.24) is 4.57 Å². The van der Waals surface area contributed by atoms with Crippen molar-refractivity contribution < 1.29 is 0 Å². The van der Waals surface area contributed by atoms with Crippen molar-refractivity contribution in [3.05, 3.63) is 40.7 Å². The van der Waals surface area contributed by atoms with Gasteiger partial charge in [0.1, 0.15) is 5.82 Å². The summed E-state index contributed by atoms with van der Waals surface area (Å²) in [6.45, 7) is 4.52. The fraction of sp³-hybridized carbons (Fsp3) is 0.471. The van der Waals surface area contributed by atoms with Crippen LogP contribution in [0.25, 0.3) is 10.8 Å². The molecule has 1 aliphatic rings. The van der Waals surface area contributed by atoms with Gasteiger partial charge in [-0.1, -0.05) is 44.9 Å². The zero-order valence-corrected chi connectivity index (χ0v) is 12.2. The summed E-state index contributed by atoms with van der Waals surface area (Å²) in [6, 6.07) is 9.86. The van der Waals surface area contributed by atoms with Gasteiger partial charge in [-0.15, -0.1) is 0 Å². The lowest BCUT2D eigenvalue weighted by Crippen LogP contribution is -2.35. The van der Waals surface area contributed by atoms with Crippen molar-refractivity contribution >= 4 is 16.6 Å². The number of benzene rings is 1. The molecule has 1 heterocycles. The number of pyridine rings is 1. The average molecular weight is 270 g/mol. The number of hydrogen-bond acceptors (Lipinski definition) is 2. The number of nitrogens with two attached hydrogens (primary N) is 1. The van der Waals surface area contributed by atoms with E-state index in [4.69, 9.17) is 5.73 Å². The summed E-state index contributed by atoms with van der Waals surface area (Å²) in [6.07, 6.45) is 3.47. The molecular weight excluding hydrogens is 248 g/mol. The summed E-state index contributed by atoms with van der Waals surface area (Å²) >= 11 is 0. The van der Waals surface area contributed by atoms with Crippen LogP contribution in [0.5, 0.6) is 0 Å². The normalized spacial score (nSPS) is 26.8. The monoisotopic (exact) mass is 270 g/mol. The number of rotatable bonds is 1. The van der Waals surface area contributed by atoms with E-state index in [9.17, 15) is 4.79 Å². The third-order valence-electron chi connectivity index (χ3n) is 4.99. The lowest BCUT2D eigenvalue weighted by Gasteiger charge is -2.36. The van der Waals surface area contributed by atoms with Gasteiger partial charge >= 0.3 is 0 Å². The Morgan fingerprint density at radius 2 is 1.95 bits per heavy atom. The van der Waals surface area contributed by atoms with Crippen LogP contribution in [0.2, 0.25) is 0 Å². The van der Waals surface area contributed by atoms with Gasteiger partial charge < -0.3 is 5.73 Å². The number of fused-ring (bicyclic) bond motifs is 1. The van der Waals surface area contributed by atoms with Crippen molar-refractivity contribution in [2.24, 2.45) is 11.8 Å². The highest BCUT2D eigenvalue weighted by atomic mass is 16.1. The number of nitrogens with zero attached hydrogens (tertiary/aromatic N) is 1. The Morgan fingerprint density at radius 3 is 2.75 bits per heavy atom. The standard InChI is InChI=1S/C17H22N2O/c1-11-6-5-9-15(12(11)2)19-16(18)10-13-7-3-4-8-14(13)17(19)20/h3-4,7-8,10-12,15H,5-6,9,18H2,1-2H3. The van der Waals surface area contributed by atoms with E-state index in [1.54, 1.807) is 0 Å². The fourth-order valence-electron chi connectivity index (χ4n) is 3.55.